The van der Waals surface area contributed by atoms with Crippen molar-refractivity contribution in [3.63, 3.8) is 0 Å². The Hall–Kier alpha value is -4.20. The van der Waals surface area contributed by atoms with E-state index in [1.165, 1.54) is 81.3 Å². The maximum absolute atomic E-state index is 3.99. The normalized spacial score (nSPS) is 11.9. The Labute approximate surface area is 229 Å². The molecule has 0 saturated carbocycles. The molecule has 0 saturated heterocycles. The molecule has 8 aromatic carbocycles. The van der Waals surface area contributed by atoms with Gasteiger partial charge in [-0.1, -0.05) is 119 Å². The quantitative estimate of drug-likeness (QED) is 0.179. The van der Waals surface area contributed by atoms with Crippen molar-refractivity contribution in [1.82, 2.24) is 0 Å². The Morgan fingerprint density at radius 1 is 0.395 bits per heavy atom. The van der Waals surface area contributed by atoms with Gasteiger partial charge in [-0.3, -0.25) is 0 Å². The van der Waals surface area contributed by atoms with Crippen molar-refractivity contribution < 1.29 is 0 Å². The van der Waals surface area contributed by atoms with E-state index in [1.807, 2.05) is 0 Å². The number of aryl methyl sites for hydroxylation is 1. The Kier molecular flexibility index (Phi) is 4.68. The molecule has 38 heavy (non-hydrogen) atoms. The van der Waals surface area contributed by atoms with Crippen LogP contribution >= 0.6 is 15.9 Å². The molecule has 0 spiro atoms. The molecule has 0 radical (unpaired) electrons. The molecule has 0 aliphatic rings. The Morgan fingerprint density at radius 3 is 1.29 bits per heavy atom. The first-order valence-corrected chi connectivity index (χ1v) is 13.9. The highest BCUT2D eigenvalue weighted by atomic mass is 79.9. The summed E-state index contributed by atoms with van der Waals surface area (Å²) in [6.07, 6.45) is 0. The molecule has 0 aliphatic carbocycles. The second-order valence-electron chi connectivity index (χ2n) is 10.3. The van der Waals surface area contributed by atoms with Crippen LogP contribution in [0.25, 0.3) is 75.8 Å². The van der Waals surface area contributed by atoms with E-state index in [9.17, 15) is 0 Å². The average Bonchev–Trinajstić information content (AvgIpc) is 2.96. The van der Waals surface area contributed by atoms with E-state index in [2.05, 4.69) is 144 Å². The van der Waals surface area contributed by atoms with Crippen molar-refractivity contribution in [2.45, 2.75) is 6.92 Å². The van der Waals surface area contributed by atoms with E-state index in [4.69, 9.17) is 0 Å². The molecule has 0 amide bonds. The van der Waals surface area contributed by atoms with E-state index in [0.717, 1.165) is 4.47 Å². The predicted octanol–water partition coefficient (Wildman–Crippen LogP) is 11.3. The number of fused-ring (bicyclic) bond motifs is 10. The molecule has 0 heterocycles. The summed E-state index contributed by atoms with van der Waals surface area (Å²) in [6, 6.07) is 44.7. The van der Waals surface area contributed by atoms with Crippen LogP contribution in [0.3, 0.4) is 0 Å². The van der Waals surface area contributed by atoms with Crippen LogP contribution in [0.15, 0.2) is 126 Å². The molecular formula is C37H23Br. The molecule has 0 unspecified atom stereocenters. The average molecular weight is 547 g/mol. The van der Waals surface area contributed by atoms with Gasteiger partial charge in [0.15, 0.2) is 0 Å². The summed E-state index contributed by atoms with van der Waals surface area (Å²) in [6.45, 7) is 2.26. The molecule has 0 bridgehead atoms. The van der Waals surface area contributed by atoms with Crippen LogP contribution in [0.4, 0.5) is 0 Å². The zero-order valence-corrected chi connectivity index (χ0v) is 22.5. The largest absolute Gasteiger partial charge is 0.0616 e. The molecule has 178 valence electrons. The van der Waals surface area contributed by atoms with Gasteiger partial charge in [0.25, 0.3) is 0 Å². The summed E-state index contributed by atoms with van der Waals surface area (Å²) in [5.41, 5.74) is 3.88. The summed E-state index contributed by atoms with van der Waals surface area (Å²) < 4.78 is 1.13. The van der Waals surface area contributed by atoms with E-state index in [-0.39, 0.29) is 0 Å². The first-order chi connectivity index (χ1) is 18.7. The Bertz CT molecular complexity index is 2090. The number of rotatable bonds is 1. The lowest BCUT2D eigenvalue weighted by Crippen LogP contribution is -1.92. The molecule has 1 heteroatoms. The molecule has 0 atom stereocenters. The molecule has 0 aliphatic heterocycles. The van der Waals surface area contributed by atoms with Crippen LogP contribution in [0.2, 0.25) is 0 Å². The topological polar surface area (TPSA) is 0 Å². The first-order valence-electron chi connectivity index (χ1n) is 13.1. The third kappa shape index (κ3) is 3.03. The van der Waals surface area contributed by atoms with Gasteiger partial charge in [0, 0.05) is 9.86 Å². The fraction of sp³-hybridized carbons (Fsp3) is 0.0270. The molecule has 0 aromatic heterocycles. The molecule has 0 nitrogen and oxygen atoms in total. The van der Waals surface area contributed by atoms with Gasteiger partial charge in [0.2, 0.25) is 0 Å². The maximum atomic E-state index is 3.99. The SMILES string of the molecule is Cc1cc2ccccc2c2c(-c3cc4ccccc4c4c(Br)cc5ccccc5c34)cc3ccccc3c12. The molecule has 8 rings (SSSR count). The van der Waals surface area contributed by atoms with Crippen molar-refractivity contribution in [2.75, 3.05) is 0 Å². The van der Waals surface area contributed by atoms with Crippen LogP contribution in [0.1, 0.15) is 5.56 Å². The second-order valence-corrected chi connectivity index (χ2v) is 11.1. The summed E-state index contributed by atoms with van der Waals surface area (Å²) in [5, 5.41) is 15.5. The van der Waals surface area contributed by atoms with Crippen LogP contribution < -0.4 is 0 Å². The highest BCUT2D eigenvalue weighted by Gasteiger charge is 2.19. The van der Waals surface area contributed by atoms with Gasteiger partial charge < -0.3 is 0 Å². The van der Waals surface area contributed by atoms with E-state index in [0.29, 0.717) is 0 Å². The van der Waals surface area contributed by atoms with Crippen molar-refractivity contribution in [1.29, 1.82) is 0 Å². The van der Waals surface area contributed by atoms with Crippen LogP contribution in [0, 0.1) is 6.92 Å². The van der Waals surface area contributed by atoms with Crippen molar-refractivity contribution in [3.05, 3.63) is 131 Å². The van der Waals surface area contributed by atoms with E-state index in [1.54, 1.807) is 0 Å². The Balaban J connectivity index is 1.71. The van der Waals surface area contributed by atoms with Gasteiger partial charge in [0.1, 0.15) is 0 Å². The fourth-order valence-corrected chi connectivity index (χ4v) is 7.21. The second kappa shape index (κ2) is 8.15. The van der Waals surface area contributed by atoms with Crippen LogP contribution in [-0.2, 0) is 0 Å². The lowest BCUT2D eigenvalue weighted by molar-refractivity contribution is 1.57. The van der Waals surface area contributed by atoms with Gasteiger partial charge in [-0.2, -0.15) is 0 Å². The molecule has 0 fully saturated rings. The summed E-state index contributed by atoms with van der Waals surface area (Å²) in [7, 11) is 0. The van der Waals surface area contributed by atoms with Gasteiger partial charge in [0.05, 0.1) is 0 Å². The third-order valence-electron chi connectivity index (χ3n) is 8.14. The zero-order valence-electron chi connectivity index (χ0n) is 20.9. The Morgan fingerprint density at radius 2 is 0.763 bits per heavy atom. The minimum absolute atomic E-state index is 1.13. The number of hydrogen-bond acceptors (Lipinski definition) is 0. The molecular weight excluding hydrogens is 524 g/mol. The van der Waals surface area contributed by atoms with Crippen molar-refractivity contribution in [3.8, 4) is 11.1 Å². The van der Waals surface area contributed by atoms with Crippen molar-refractivity contribution >= 4 is 80.6 Å². The fourth-order valence-electron chi connectivity index (χ4n) is 6.55. The van der Waals surface area contributed by atoms with Gasteiger partial charge in [-0.05, 0) is 101 Å². The highest BCUT2D eigenvalue weighted by Crippen LogP contribution is 2.47. The lowest BCUT2D eigenvalue weighted by atomic mass is 9.84. The smallest absolute Gasteiger partial charge is 0.0266 e. The summed E-state index contributed by atoms with van der Waals surface area (Å²) in [4.78, 5) is 0. The van der Waals surface area contributed by atoms with E-state index < -0.39 is 0 Å². The van der Waals surface area contributed by atoms with E-state index >= 15 is 0 Å². The highest BCUT2D eigenvalue weighted by molar-refractivity contribution is 9.10. The number of halogens is 1. The maximum Gasteiger partial charge on any atom is 0.0266 e. The van der Waals surface area contributed by atoms with Gasteiger partial charge in [-0.25, -0.2) is 0 Å². The standard InChI is InChI=1S/C37H23Br/c1-22-18-23-10-2-7-15-28(23)35-31(19-24-11-3-6-14-27(24)34(22)35)32-20-25-12-4-9-17-30(25)37-33(38)21-26-13-5-8-16-29(26)36(32)37/h2-21H,1H3. The molecule has 8 aromatic rings. The minimum atomic E-state index is 1.13. The number of benzene rings is 8. The predicted molar refractivity (Wildman–Crippen MR) is 169 cm³/mol. The third-order valence-corrected chi connectivity index (χ3v) is 8.76. The summed E-state index contributed by atoms with van der Waals surface area (Å²) in [5.74, 6) is 0. The summed E-state index contributed by atoms with van der Waals surface area (Å²) >= 11 is 3.99. The van der Waals surface area contributed by atoms with Crippen LogP contribution in [-0.4, -0.2) is 0 Å². The van der Waals surface area contributed by atoms with Gasteiger partial charge in [-0.15, -0.1) is 0 Å². The van der Waals surface area contributed by atoms with Crippen LogP contribution in [0.5, 0.6) is 0 Å². The molecule has 0 N–H and O–H groups in total. The zero-order chi connectivity index (χ0) is 25.4. The lowest BCUT2D eigenvalue weighted by Gasteiger charge is -2.19. The van der Waals surface area contributed by atoms with Crippen molar-refractivity contribution in [2.24, 2.45) is 0 Å². The monoisotopic (exact) mass is 546 g/mol. The first kappa shape index (κ1) is 21.8. The minimum Gasteiger partial charge on any atom is -0.0616 e. The number of hydrogen-bond donors (Lipinski definition) is 0. The van der Waals surface area contributed by atoms with Gasteiger partial charge >= 0.3 is 0 Å².